The molecule has 0 amide bonds. The second-order valence-electron chi connectivity index (χ2n) is 13.0. The molecule has 3 heterocycles. The number of aromatic nitrogens is 3. The van der Waals surface area contributed by atoms with Crippen LogP contribution in [0.2, 0.25) is 0 Å². The summed E-state index contributed by atoms with van der Waals surface area (Å²) in [6.45, 7) is 4.70. The minimum atomic E-state index is -0.0964. The third kappa shape index (κ3) is 3.73. The maximum absolute atomic E-state index is 5.38. The number of rotatable bonds is 3. The molecule has 0 saturated carbocycles. The molecule has 0 bridgehead atoms. The molecule has 10 rings (SSSR count). The molecule has 47 heavy (non-hydrogen) atoms. The maximum Gasteiger partial charge on any atom is 0.163 e. The van der Waals surface area contributed by atoms with E-state index in [1.165, 1.54) is 54.1 Å². The van der Waals surface area contributed by atoms with Crippen molar-refractivity contribution in [2.24, 2.45) is 0 Å². The first-order valence-electron chi connectivity index (χ1n) is 16.1. The summed E-state index contributed by atoms with van der Waals surface area (Å²) in [4.78, 5) is 11.7. The van der Waals surface area contributed by atoms with Gasteiger partial charge in [0, 0.05) is 42.8 Å². The lowest BCUT2D eigenvalue weighted by Crippen LogP contribution is -2.15. The van der Waals surface area contributed by atoms with Crippen molar-refractivity contribution in [3.8, 4) is 39.5 Å². The lowest BCUT2D eigenvalue weighted by molar-refractivity contribution is 0.661. The van der Waals surface area contributed by atoms with Crippen molar-refractivity contribution < 1.29 is 0 Å². The van der Waals surface area contributed by atoms with E-state index < -0.39 is 0 Å². The highest BCUT2D eigenvalue weighted by molar-refractivity contribution is 7.25. The van der Waals surface area contributed by atoms with E-state index in [4.69, 9.17) is 9.97 Å². The van der Waals surface area contributed by atoms with Gasteiger partial charge in [0.1, 0.15) is 4.83 Å². The molecular weight excluding hydrogens is 591 g/mol. The summed E-state index contributed by atoms with van der Waals surface area (Å²) in [6.07, 6.45) is 0. The highest BCUT2D eigenvalue weighted by Gasteiger charge is 2.36. The van der Waals surface area contributed by atoms with Crippen molar-refractivity contribution in [1.29, 1.82) is 0 Å². The molecule has 0 saturated heterocycles. The Labute approximate surface area is 276 Å². The van der Waals surface area contributed by atoms with Crippen molar-refractivity contribution in [3.63, 3.8) is 0 Å². The number of nitrogens with zero attached hydrogens (tertiary/aromatic N) is 3. The van der Waals surface area contributed by atoms with Crippen LogP contribution in [0.3, 0.4) is 0 Å². The van der Waals surface area contributed by atoms with Crippen LogP contribution in [0.1, 0.15) is 25.0 Å². The fourth-order valence-electron chi connectivity index (χ4n) is 7.83. The topological polar surface area (TPSA) is 30.7 Å². The van der Waals surface area contributed by atoms with Crippen molar-refractivity contribution in [2.75, 3.05) is 0 Å². The van der Waals surface area contributed by atoms with Crippen molar-refractivity contribution in [1.82, 2.24) is 14.5 Å². The fraction of sp³-hybridized carbons (Fsp3) is 0.0698. The number of hydrogen-bond acceptors (Lipinski definition) is 3. The lowest BCUT2D eigenvalue weighted by atomic mass is 9.82. The summed E-state index contributed by atoms with van der Waals surface area (Å²) in [5.41, 5.74) is 11.8. The van der Waals surface area contributed by atoms with E-state index >= 15 is 0 Å². The van der Waals surface area contributed by atoms with Gasteiger partial charge in [-0.1, -0.05) is 117 Å². The van der Waals surface area contributed by atoms with E-state index in [-0.39, 0.29) is 5.41 Å². The van der Waals surface area contributed by atoms with Gasteiger partial charge in [-0.2, -0.15) is 0 Å². The van der Waals surface area contributed by atoms with Crippen LogP contribution < -0.4 is 0 Å². The molecule has 1 aliphatic carbocycles. The smallest absolute Gasteiger partial charge is 0.163 e. The van der Waals surface area contributed by atoms with Gasteiger partial charge in [-0.05, 0) is 58.7 Å². The Kier molecular flexibility index (Phi) is 5.50. The summed E-state index contributed by atoms with van der Waals surface area (Å²) < 4.78 is 3.65. The molecule has 0 radical (unpaired) electrons. The second kappa shape index (κ2) is 9.71. The Hall–Kier alpha value is -5.58. The van der Waals surface area contributed by atoms with Crippen LogP contribution in [0.15, 0.2) is 140 Å². The van der Waals surface area contributed by atoms with Crippen molar-refractivity contribution in [3.05, 3.63) is 151 Å². The van der Waals surface area contributed by atoms with Gasteiger partial charge in [-0.25, -0.2) is 9.97 Å². The summed E-state index contributed by atoms with van der Waals surface area (Å²) in [7, 11) is 0. The Morgan fingerprint density at radius 3 is 2.13 bits per heavy atom. The molecule has 0 unspecified atom stereocenters. The lowest BCUT2D eigenvalue weighted by Gasteiger charge is -2.22. The quantitative estimate of drug-likeness (QED) is 0.197. The summed E-state index contributed by atoms with van der Waals surface area (Å²) >= 11 is 1.74. The predicted octanol–water partition coefficient (Wildman–Crippen LogP) is 11.6. The van der Waals surface area contributed by atoms with E-state index in [1.807, 2.05) is 0 Å². The zero-order valence-electron chi connectivity index (χ0n) is 26.0. The second-order valence-corrected chi connectivity index (χ2v) is 14.0. The molecule has 1 aliphatic rings. The van der Waals surface area contributed by atoms with Gasteiger partial charge in [-0.15, -0.1) is 11.3 Å². The standard InChI is InChI=1S/C43H29N3S/c1-43(2)33-20-10-6-16-27(33)31-24-32-28-17-7-11-21-35(28)46(37(32)25-34(31)43)36-22-12-8-18-29(36)41-44-40(26-14-4-3-5-15-26)39-30-19-9-13-23-38(30)47-42(39)45-41/h3-25H,1-2H3. The van der Waals surface area contributed by atoms with Crippen LogP contribution in [0.5, 0.6) is 0 Å². The summed E-state index contributed by atoms with van der Waals surface area (Å²) in [5.74, 6) is 0.735. The monoisotopic (exact) mass is 619 g/mol. The molecule has 6 aromatic carbocycles. The average molecular weight is 620 g/mol. The van der Waals surface area contributed by atoms with E-state index in [0.29, 0.717) is 0 Å². The highest BCUT2D eigenvalue weighted by Crippen LogP contribution is 2.51. The van der Waals surface area contributed by atoms with Crippen LogP contribution in [-0.4, -0.2) is 14.5 Å². The minimum absolute atomic E-state index is 0.0964. The molecule has 0 atom stereocenters. The molecule has 3 nitrogen and oxygen atoms in total. The molecule has 222 valence electrons. The Morgan fingerprint density at radius 2 is 1.26 bits per heavy atom. The molecular formula is C43H29N3S. The minimum Gasteiger partial charge on any atom is -0.308 e. The first-order chi connectivity index (χ1) is 23.1. The van der Waals surface area contributed by atoms with E-state index in [9.17, 15) is 0 Å². The van der Waals surface area contributed by atoms with Crippen LogP contribution >= 0.6 is 11.3 Å². The molecule has 0 spiro atoms. The van der Waals surface area contributed by atoms with Gasteiger partial charge >= 0.3 is 0 Å². The molecule has 4 heteroatoms. The summed E-state index contributed by atoms with van der Waals surface area (Å²) in [6, 6.07) is 50.2. The number of para-hydroxylation sites is 2. The van der Waals surface area contributed by atoms with E-state index in [0.717, 1.165) is 38.5 Å². The number of benzene rings is 6. The van der Waals surface area contributed by atoms with Crippen molar-refractivity contribution in [2.45, 2.75) is 19.3 Å². The van der Waals surface area contributed by atoms with Gasteiger partial charge in [0.05, 0.1) is 22.4 Å². The molecule has 3 aromatic heterocycles. The fourth-order valence-corrected chi connectivity index (χ4v) is 8.90. The van der Waals surface area contributed by atoms with E-state index in [2.05, 4.69) is 158 Å². The van der Waals surface area contributed by atoms with Crippen LogP contribution in [-0.2, 0) is 5.41 Å². The van der Waals surface area contributed by atoms with Crippen LogP contribution in [0.25, 0.3) is 81.6 Å². The average Bonchev–Trinajstić information content (AvgIpc) is 3.73. The third-order valence-corrected chi connectivity index (χ3v) is 11.1. The highest BCUT2D eigenvalue weighted by atomic mass is 32.1. The van der Waals surface area contributed by atoms with Crippen LogP contribution in [0.4, 0.5) is 0 Å². The molecule has 0 aliphatic heterocycles. The van der Waals surface area contributed by atoms with Gasteiger partial charge in [0.2, 0.25) is 0 Å². The first-order valence-corrected chi connectivity index (χ1v) is 16.9. The maximum atomic E-state index is 5.38. The first kappa shape index (κ1) is 26.6. The largest absolute Gasteiger partial charge is 0.308 e. The molecule has 0 N–H and O–H groups in total. The van der Waals surface area contributed by atoms with Gasteiger partial charge in [-0.3, -0.25) is 0 Å². The zero-order chi connectivity index (χ0) is 31.3. The number of hydrogen-bond donors (Lipinski definition) is 0. The Balaban J connectivity index is 1.28. The Bertz CT molecular complexity index is 2710. The summed E-state index contributed by atoms with van der Waals surface area (Å²) in [5, 5.41) is 4.82. The third-order valence-electron chi connectivity index (χ3n) is 10.0. The molecule has 0 fully saturated rings. The SMILES string of the molecule is CC1(C)c2ccccc2-c2cc3c4ccccc4n(-c4ccccc4-c4nc(-c5ccccc5)c5c(n4)sc4ccccc45)c3cc21. The van der Waals surface area contributed by atoms with Gasteiger partial charge < -0.3 is 4.57 Å². The zero-order valence-corrected chi connectivity index (χ0v) is 26.8. The molecule has 9 aromatic rings. The number of thiophene rings is 1. The van der Waals surface area contributed by atoms with Crippen LogP contribution in [0, 0.1) is 0 Å². The Morgan fingerprint density at radius 1 is 0.553 bits per heavy atom. The van der Waals surface area contributed by atoms with Gasteiger partial charge in [0.15, 0.2) is 5.82 Å². The van der Waals surface area contributed by atoms with Crippen molar-refractivity contribution >= 4 is 53.4 Å². The number of fused-ring (bicyclic) bond motifs is 9. The van der Waals surface area contributed by atoms with E-state index in [1.54, 1.807) is 11.3 Å². The normalized spacial score (nSPS) is 13.5. The van der Waals surface area contributed by atoms with Gasteiger partial charge in [0.25, 0.3) is 0 Å². The predicted molar refractivity (Wildman–Crippen MR) is 198 cm³/mol.